The fraction of sp³-hybridized carbons (Fsp3) is 0.692. The van der Waals surface area contributed by atoms with Crippen molar-refractivity contribution in [2.24, 2.45) is 11.3 Å². The zero-order valence-electron chi connectivity index (χ0n) is 8.92. The first kappa shape index (κ1) is 10.4. The molecule has 2 aliphatic rings. The maximum atomic E-state index is 12.0. The van der Waals surface area contributed by atoms with Crippen LogP contribution < -0.4 is 0 Å². The molecule has 0 radical (unpaired) electrons. The van der Waals surface area contributed by atoms with Gasteiger partial charge in [0, 0.05) is 31.1 Å². The van der Waals surface area contributed by atoms with Crippen LogP contribution in [0.3, 0.4) is 0 Å². The molecule has 0 saturated heterocycles. The minimum Gasteiger partial charge on any atom is -0.300 e. The zero-order valence-corrected chi connectivity index (χ0v) is 8.92. The van der Waals surface area contributed by atoms with E-state index >= 15 is 0 Å². The fourth-order valence-corrected chi connectivity index (χ4v) is 3.16. The lowest BCUT2D eigenvalue weighted by Gasteiger charge is -2.44. The van der Waals surface area contributed by atoms with Crippen molar-refractivity contribution in [2.75, 3.05) is 0 Å². The van der Waals surface area contributed by atoms with E-state index in [1.54, 1.807) is 0 Å². The molecule has 2 fully saturated rings. The van der Waals surface area contributed by atoms with E-state index in [-0.39, 0.29) is 11.3 Å². The summed E-state index contributed by atoms with van der Waals surface area (Å²) >= 11 is 0. The third-order valence-electron chi connectivity index (χ3n) is 4.03. The number of carbonyl (C=O) groups is 2. The largest absolute Gasteiger partial charge is 0.300 e. The highest BCUT2D eigenvalue weighted by atomic mass is 16.1. The Morgan fingerprint density at radius 3 is 2.93 bits per heavy atom. The summed E-state index contributed by atoms with van der Waals surface area (Å²) < 4.78 is 0. The Labute approximate surface area is 90.4 Å². The van der Waals surface area contributed by atoms with Crippen LogP contribution in [0.25, 0.3) is 0 Å². The van der Waals surface area contributed by atoms with Crippen LogP contribution in [0.15, 0.2) is 0 Å². The summed E-state index contributed by atoms with van der Waals surface area (Å²) in [6.07, 6.45) is 10.3. The van der Waals surface area contributed by atoms with E-state index in [1.165, 1.54) is 0 Å². The lowest BCUT2D eigenvalue weighted by atomic mass is 9.57. The van der Waals surface area contributed by atoms with E-state index in [9.17, 15) is 9.59 Å². The Morgan fingerprint density at radius 1 is 1.40 bits per heavy atom. The summed E-state index contributed by atoms with van der Waals surface area (Å²) in [6.45, 7) is 0. The fourth-order valence-electron chi connectivity index (χ4n) is 3.16. The average molecular weight is 204 g/mol. The number of Topliss-reactive ketones (excluding diaryl/α,β-unsaturated/α-hetero) is 2. The number of fused-ring (bicyclic) bond motifs is 1. The SMILES string of the molecule is C#CC[C@]12CCC(=O)C[C@H]1CCCC2=O. The second-order valence-electron chi connectivity index (χ2n) is 4.79. The minimum atomic E-state index is -0.332. The molecule has 2 nitrogen and oxygen atoms in total. The third-order valence-corrected chi connectivity index (χ3v) is 4.03. The third kappa shape index (κ3) is 1.61. The van der Waals surface area contributed by atoms with Gasteiger partial charge in [-0.25, -0.2) is 0 Å². The molecule has 0 amide bonds. The van der Waals surface area contributed by atoms with E-state index in [0.717, 1.165) is 12.8 Å². The summed E-state index contributed by atoms with van der Waals surface area (Å²) in [5, 5.41) is 0. The van der Waals surface area contributed by atoms with Gasteiger partial charge in [0.15, 0.2) is 0 Å². The minimum absolute atomic E-state index is 0.232. The molecule has 0 aliphatic heterocycles. The van der Waals surface area contributed by atoms with Crippen molar-refractivity contribution in [1.29, 1.82) is 0 Å². The van der Waals surface area contributed by atoms with Crippen molar-refractivity contribution in [2.45, 2.75) is 44.9 Å². The first-order valence-corrected chi connectivity index (χ1v) is 5.67. The van der Waals surface area contributed by atoms with Crippen molar-refractivity contribution >= 4 is 11.6 Å². The molecule has 0 spiro atoms. The second kappa shape index (κ2) is 3.81. The van der Waals surface area contributed by atoms with Crippen molar-refractivity contribution in [3.63, 3.8) is 0 Å². The molecule has 0 unspecified atom stereocenters. The van der Waals surface area contributed by atoms with Crippen LogP contribution in [0.5, 0.6) is 0 Å². The molecule has 15 heavy (non-hydrogen) atoms. The van der Waals surface area contributed by atoms with Crippen molar-refractivity contribution in [3.8, 4) is 12.3 Å². The first-order valence-electron chi connectivity index (χ1n) is 5.67. The number of carbonyl (C=O) groups excluding carboxylic acids is 2. The Balaban J connectivity index is 2.29. The lowest BCUT2D eigenvalue weighted by Crippen LogP contribution is -2.45. The van der Waals surface area contributed by atoms with Gasteiger partial charge in [-0.05, 0) is 25.2 Å². The molecule has 2 saturated carbocycles. The molecule has 2 heteroatoms. The van der Waals surface area contributed by atoms with E-state index in [2.05, 4.69) is 5.92 Å². The summed E-state index contributed by atoms with van der Waals surface area (Å²) in [5.41, 5.74) is -0.332. The van der Waals surface area contributed by atoms with E-state index in [1.807, 2.05) is 0 Å². The summed E-state index contributed by atoms with van der Waals surface area (Å²) in [5.74, 6) is 3.49. The molecule has 0 aromatic rings. The summed E-state index contributed by atoms with van der Waals surface area (Å²) in [6, 6.07) is 0. The van der Waals surface area contributed by atoms with Gasteiger partial charge < -0.3 is 0 Å². The number of terminal acetylenes is 1. The van der Waals surface area contributed by atoms with Crippen LogP contribution in [0, 0.1) is 23.7 Å². The van der Waals surface area contributed by atoms with Gasteiger partial charge in [0.2, 0.25) is 0 Å². The van der Waals surface area contributed by atoms with Gasteiger partial charge >= 0.3 is 0 Å². The quantitative estimate of drug-likeness (QED) is 0.613. The van der Waals surface area contributed by atoms with Crippen molar-refractivity contribution in [1.82, 2.24) is 0 Å². The van der Waals surface area contributed by atoms with Crippen LogP contribution in [0.1, 0.15) is 44.9 Å². The molecule has 2 atom stereocenters. The monoisotopic (exact) mass is 204 g/mol. The normalized spacial score (nSPS) is 35.8. The topological polar surface area (TPSA) is 34.1 Å². The first-order chi connectivity index (χ1) is 7.19. The molecule has 2 aliphatic carbocycles. The van der Waals surface area contributed by atoms with Gasteiger partial charge in [0.25, 0.3) is 0 Å². The van der Waals surface area contributed by atoms with Gasteiger partial charge in [0.1, 0.15) is 11.6 Å². The maximum absolute atomic E-state index is 12.0. The lowest BCUT2D eigenvalue weighted by molar-refractivity contribution is -0.141. The molecule has 80 valence electrons. The predicted octanol–water partition coefficient (Wildman–Crippen LogP) is 2.12. The Hall–Kier alpha value is -1.10. The molecule has 2 rings (SSSR count). The number of hydrogen-bond acceptors (Lipinski definition) is 2. The van der Waals surface area contributed by atoms with Gasteiger partial charge in [-0.3, -0.25) is 9.59 Å². The van der Waals surface area contributed by atoms with E-state index < -0.39 is 0 Å². The van der Waals surface area contributed by atoms with E-state index in [4.69, 9.17) is 6.42 Å². The second-order valence-corrected chi connectivity index (χ2v) is 4.79. The van der Waals surface area contributed by atoms with E-state index in [0.29, 0.717) is 43.7 Å². The highest BCUT2D eigenvalue weighted by Crippen LogP contribution is 2.49. The van der Waals surface area contributed by atoms with Crippen LogP contribution in [0.2, 0.25) is 0 Å². The van der Waals surface area contributed by atoms with Gasteiger partial charge in [0.05, 0.1) is 0 Å². The Bertz CT molecular complexity index is 337. The smallest absolute Gasteiger partial charge is 0.140 e. The van der Waals surface area contributed by atoms with Crippen LogP contribution in [0.4, 0.5) is 0 Å². The van der Waals surface area contributed by atoms with Crippen LogP contribution >= 0.6 is 0 Å². The average Bonchev–Trinajstić information content (AvgIpc) is 2.21. The molecule has 0 heterocycles. The van der Waals surface area contributed by atoms with Crippen LogP contribution in [-0.2, 0) is 9.59 Å². The standard InChI is InChI=1S/C13H16O2/c1-2-7-13-8-6-11(14)9-10(13)4-3-5-12(13)15/h1,10H,3-9H2/t10-,13+/m1/s1. The highest BCUT2D eigenvalue weighted by Gasteiger charge is 2.49. The van der Waals surface area contributed by atoms with Crippen molar-refractivity contribution < 1.29 is 9.59 Å². The van der Waals surface area contributed by atoms with Gasteiger partial charge in [-0.1, -0.05) is 0 Å². The maximum Gasteiger partial charge on any atom is 0.140 e. The van der Waals surface area contributed by atoms with Crippen molar-refractivity contribution in [3.05, 3.63) is 0 Å². The molecular weight excluding hydrogens is 188 g/mol. The van der Waals surface area contributed by atoms with Gasteiger partial charge in [-0.2, -0.15) is 0 Å². The Kier molecular flexibility index (Phi) is 2.65. The highest BCUT2D eigenvalue weighted by molar-refractivity contribution is 5.90. The predicted molar refractivity (Wildman–Crippen MR) is 57.1 cm³/mol. The molecular formula is C13H16O2. The zero-order chi connectivity index (χ0) is 10.9. The summed E-state index contributed by atoms with van der Waals surface area (Å²) in [7, 11) is 0. The number of hydrogen-bond donors (Lipinski definition) is 0. The molecule has 0 bridgehead atoms. The number of ketones is 2. The molecule has 0 N–H and O–H groups in total. The van der Waals surface area contributed by atoms with Gasteiger partial charge in [-0.15, -0.1) is 12.3 Å². The summed E-state index contributed by atoms with van der Waals surface area (Å²) in [4.78, 5) is 23.4. The number of rotatable bonds is 1. The van der Waals surface area contributed by atoms with Crippen LogP contribution in [-0.4, -0.2) is 11.6 Å². The Morgan fingerprint density at radius 2 is 2.20 bits per heavy atom. The molecule has 0 aromatic carbocycles. The molecule has 0 aromatic heterocycles.